The zero-order valence-corrected chi connectivity index (χ0v) is 15.3. The summed E-state index contributed by atoms with van der Waals surface area (Å²) in [7, 11) is 2.23. The SMILES string of the molecule is CN(Cc1ccccc1CNC(=O)C1CNCCO1)C1CCCCC1. The van der Waals surface area contributed by atoms with E-state index in [2.05, 4.69) is 40.8 Å². The van der Waals surface area contributed by atoms with Gasteiger partial charge in [-0.25, -0.2) is 0 Å². The zero-order valence-electron chi connectivity index (χ0n) is 15.3. The molecule has 1 amide bonds. The van der Waals surface area contributed by atoms with E-state index in [1.807, 2.05) is 6.07 Å². The Morgan fingerprint density at radius 3 is 2.72 bits per heavy atom. The molecule has 1 saturated heterocycles. The molecule has 0 bridgehead atoms. The van der Waals surface area contributed by atoms with Crippen molar-refractivity contribution >= 4 is 5.91 Å². The summed E-state index contributed by atoms with van der Waals surface area (Å²) in [5.74, 6) is -0.0253. The van der Waals surface area contributed by atoms with Crippen LogP contribution >= 0.6 is 0 Å². The smallest absolute Gasteiger partial charge is 0.250 e. The molecule has 1 aliphatic heterocycles. The highest BCUT2D eigenvalue weighted by molar-refractivity contribution is 5.81. The van der Waals surface area contributed by atoms with Crippen molar-refractivity contribution in [3.8, 4) is 0 Å². The summed E-state index contributed by atoms with van der Waals surface area (Å²) in [6.07, 6.45) is 6.32. The average Bonchev–Trinajstić information content (AvgIpc) is 2.68. The van der Waals surface area contributed by atoms with Crippen LogP contribution in [0, 0.1) is 0 Å². The summed E-state index contributed by atoms with van der Waals surface area (Å²) in [4.78, 5) is 14.7. The van der Waals surface area contributed by atoms with Crippen molar-refractivity contribution in [1.82, 2.24) is 15.5 Å². The van der Waals surface area contributed by atoms with Crippen molar-refractivity contribution in [2.24, 2.45) is 0 Å². The lowest BCUT2D eigenvalue weighted by atomic mass is 9.94. The molecule has 2 N–H and O–H groups in total. The Kier molecular flexibility index (Phi) is 6.84. The Labute approximate surface area is 151 Å². The topological polar surface area (TPSA) is 53.6 Å². The minimum absolute atomic E-state index is 0.0253. The van der Waals surface area contributed by atoms with Gasteiger partial charge in [-0.1, -0.05) is 43.5 Å². The van der Waals surface area contributed by atoms with Crippen LogP contribution in [-0.2, 0) is 22.6 Å². The summed E-state index contributed by atoms with van der Waals surface area (Å²) < 4.78 is 5.52. The van der Waals surface area contributed by atoms with Gasteiger partial charge in [0, 0.05) is 32.2 Å². The molecule has 2 aliphatic rings. The third-order valence-electron chi connectivity index (χ3n) is 5.41. The van der Waals surface area contributed by atoms with E-state index >= 15 is 0 Å². The standard InChI is InChI=1S/C20H31N3O2/c1-23(18-9-3-2-4-10-18)15-17-8-6-5-7-16(17)13-22-20(24)19-14-21-11-12-25-19/h5-8,18-19,21H,2-4,9-15H2,1H3,(H,22,24). The summed E-state index contributed by atoms with van der Waals surface area (Å²) in [5.41, 5.74) is 2.50. The predicted octanol–water partition coefficient (Wildman–Crippen LogP) is 2.06. The van der Waals surface area contributed by atoms with Crippen LogP contribution in [0.3, 0.4) is 0 Å². The molecule has 25 heavy (non-hydrogen) atoms. The van der Waals surface area contributed by atoms with E-state index in [0.29, 0.717) is 25.7 Å². The largest absolute Gasteiger partial charge is 0.366 e. The number of rotatable bonds is 6. The number of benzene rings is 1. The van der Waals surface area contributed by atoms with Crippen molar-refractivity contribution in [3.05, 3.63) is 35.4 Å². The first-order valence-corrected chi connectivity index (χ1v) is 9.61. The molecule has 0 radical (unpaired) electrons. The number of morpholine rings is 1. The lowest BCUT2D eigenvalue weighted by Gasteiger charge is -2.31. The maximum atomic E-state index is 12.3. The maximum absolute atomic E-state index is 12.3. The number of hydrogen-bond donors (Lipinski definition) is 2. The van der Waals surface area contributed by atoms with E-state index in [9.17, 15) is 4.79 Å². The number of amides is 1. The van der Waals surface area contributed by atoms with Gasteiger partial charge in [0.1, 0.15) is 6.10 Å². The van der Waals surface area contributed by atoms with Gasteiger partial charge in [-0.15, -0.1) is 0 Å². The number of nitrogens with zero attached hydrogens (tertiary/aromatic N) is 1. The number of nitrogens with one attached hydrogen (secondary N) is 2. The van der Waals surface area contributed by atoms with Crippen LogP contribution < -0.4 is 10.6 Å². The minimum atomic E-state index is -0.370. The van der Waals surface area contributed by atoms with Gasteiger partial charge >= 0.3 is 0 Å². The van der Waals surface area contributed by atoms with Gasteiger partial charge in [0.2, 0.25) is 0 Å². The van der Waals surface area contributed by atoms with E-state index in [1.54, 1.807) is 0 Å². The second-order valence-electron chi connectivity index (χ2n) is 7.26. The van der Waals surface area contributed by atoms with E-state index in [-0.39, 0.29) is 12.0 Å². The first-order valence-electron chi connectivity index (χ1n) is 9.61. The lowest BCUT2D eigenvalue weighted by Crippen LogP contribution is -2.47. The van der Waals surface area contributed by atoms with Crippen LogP contribution in [0.15, 0.2) is 24.3 Å². The number of carbonyl (C=O) groups excluding carboxylic acids is 1. The van der Waals surface area contributed by atoms with Crippen LogP contribution in [0.5, 0.6) is 0 Å². The number of hydrogen-bond acceptors (Lipinski definition) is 4. The van der Waals surface area contributed by atoms with Crippen molar-refractivity contribution in [2.45, 2.75) is 57.3 Å². The Morgan fingerprint density at radius 1 is 1.24 bits per heavy atom. The van der Waals surface area contributed by atoms with Gasteiger partial charge < -0.3 is 15.4 Å². The van der Waals surface area contributed by atoms with E-state index in [0.717, 1.165) is 13.1 Å². The molecule has 0 aromatic heterocycles. The Morgan fingerprint density at radius 2 is 2.00 bits per heavy atom. The van der Waals surface area contributed by atoms with Crippen molar-refractivity contribution in [1.29, 1.82) is 0 Å². The molecule has 3 rings (SSSR count). The van der Waals surface area contributed by atoms with Crippen molar-refractivity contribution in [2.75, 3.05) is 26.7 Å². The van der Waals surface area contributed by atoms with Gasteiger partial charge in [0.05, 0.1) is 6.61 Å². The first-order chi connectivity index (χ1) is 12.2. The summed E-state index contributed by atoms with van der Waals surface area (Å²) in [5, 5.41) is 6.23. The molecule has 0 spiro atoms. The number of ether oxygens (including phenoxy) is 1. The third kappa shape index (κ3) is 5.27. The summed E-state index contributed by atoms with van der Waals surface area (Å²) >= 11 is 0. The summed E-state index contributed by atoms with van der Waals surface area (Å²) in [6.45, 7) is 3.52. The van der Waals surface area contributed by atoms with E-state index in [4.69, 9.17) is 4.74 Å². The van der Waals surface area contributed by atoms with Crippen LogP contribution in [0.2, 0.25) is 0 Å². The van der Waals surface area contributed by atoms with Crippen LogP contribution in [0.1, 0.15) is 43.2 Å². The second kappa shape index (κ2) is 9.32. The van der Waals surface area contributed by atoms with Crippen LogP contribution in [0.4, 0.5) is 0 Å². The van der Waals surface area contributed by atoms with E-state index < -0.39 is 0 Å². The summed E-state index contributed by atoms with van der Waals surface area (Å²) in [6, 6.07) is 9.12. The highest BCUT2D eigenvalue weighted by atomic mass is 16.5. The molecule has 1 aromatic rings. The third-order valence-corrected chi connectivity index (χ3v) is 5.41. The minimum Gasteiger partial charge on any atom is -0.366 e. The molecule has 1 heterocycles. The molecule has 138 valence electrons. The molecular weight excluding hydrogens is 314 g/mol. The molecule has 1 saturated carbocycles. The lowest BCUT2D eigenvalue weighted by molar-refractivity contribution is -0.134. The normalized spacial score (nSPS) is 22.1. The van der Waals surface area contributed by atoms with Crippen molar-refractivity contribution in [3.63, 3.8) is 0 Å². The van der Waals surface area contributed by atoms with Gasteiger partial charge in [0.25, 0.3) is 5.91 Å². The fraction of sp³-hybridized carbons (Fsp3) is 0.650. The molecule has 1 aliphatic carbocycles. The van der Waals surface area contributed by atoms with Gasteiger partial charge in [-0.05, 0) is 31.0 Å². The van der Waals surface area contributed by atoms with Crippen LogP contribution in [-0.4, -0.2) is 49.7 Å². The molecule has 5 heteroatoms. The molecule has 5 nitrogen and oxygen atoms in total. The van der Waals surface area contributed by atoms with Gasteiger partial charge in [0.15, 0.2) is 0 Å². The second-order valence-corrected chi connectivity index (χ2v) is 7.26. The Bertz CT molecular complexity index is 552. The Balaban J connectivity index is 1.55. The maximum Gasteiger partial charge on any atom is 0.250 e. The number of carbonyl (C=O) groups is 1. The van der Waals surface area contributed by atoms with Crippen molar-refractivity contribution < 1.29 is 9.53 Å². The first kappa shape index (κ1) is 18.4. The van der Waals surface area contributed by atoms with E-state index in [1.165, 1.54) is 43.2 Å². The average molecular weight is 345 g/mol. The Hall–Kier alpha value is -1.43. The zero-order chi connectivity index (χ0) is 17.5. The highest BCUT2D eigenvalue weighted by Crippen LogP contribution is 2.23. The molecule has 1 atom stereocenters. The van der Waals surface area contributed by atoms with Gasteiger partial charge in [-0.3, -0.25) is 9.69 Å². The fourth-order valence-electron chi connectivity index (χ4n) is 3.83. The monoisotopic (exact) mass is 345 g/mol. The highest BCUT2D eigenvalue weighted by Gasteiger charge is 2.22. The predicted molar refractivity (Wildman–Crippen MR) is 99.2 cm³/mol. The molecule has 2 fully saturated rings. The van der Waals surface area contributed by atoms with Crippen LogP contribution in [0.25, 0.3) is 0 Å². The molecule has 1 unspecified atom stereocenters. The molecule has 1 aromatic carbocycles. The van der Waals surface area contributed by atoms with Gasteiger partial charge in [-0.2, -0.15) is 0 Å². The fourth-order valence-corrected chi connectivity index (χ4v) is 3.83. The quantitative estimate of drug-likeness (QED) is 0.829. The molecular formula is C20H31N3O2.